The van der Waals surface area contributed by atoms with E-state index >= 15 is 0 Å². The van der Waals surface area contributed by atoms with E-state index in [-0.39, 0.29) is 6.61 Å². The molecule has 5 heteroatoms. The third kappa shape index (κ3) is 6.45. The Bertz CT molecular complexity index is 641. The molecule has 0 aliphatic carbocycles. The lowest BCUT2D eigenvalue weighted by atomic mass is 10.2. The second kappa shape index (κ2) is 9.54. The molecule has 2 rings (SSSR count). The lowest BCUT2D eigenvalue weighted by Crippen LogP contribution is -2.35. The van der Waals surface area contributed by atoms with Crippen LogP contribution < -0.4 is 5.32 Å². The van der Waals surface area contributed by atoms with Crippen LogP contribution in [0.3, 0.4) is 0 Å². The smallest absolute Gasteiger partial charge is 0.408 e. The van der Waals surface area contributed by atoms with Gasteiger partial charge in [0.05, 0.1) is 6.07 Å². The van der Waals surface area contributed by atoms with E-state index < -0.39 is 12.1 Å². The molecule has 0 aliphatic rings. The lowest BCUT2D eigenvalue weighted by molar-refractivity contribution is 0.138. The van der Waals surface area contributed by atoms with Crippen molar-refractivity contribution in [2.45, 2.75) is 18.4 Å². The number of benzene rings is 2. The second-order valence-corrected chi connectivity index (χ2v) is 5.92. The molecule has 2 aromatic rings. The number of thioether (sulfide) groups is 1. The van der Waals surface area contributed by atoms with Gasteiger partial charge < -0.3 is 10.1 Å². The Morgan fingerprint density at radius 2 is 1.70 bits per heavy atom. The maximum absolute atomic E-state index is 11.7. The molecule has 0 saturated carbocycles. The average Bonchev–Trinajstić information content (AvgIpc) is 2.61. The Kier molecular flexibility index (Phi) is 7.02. The van der Waals surface area contributed by atoms with Crippen LogP contribution in [0.2, 0.25) is 0 Å². The van der Waals surface area contributed by atoms with E-state index in [1.807, 2.05) is 60.7 Å². The molecule has 1 N–H and O–H groups in total. The monoisotopic (exact) mass is 326 g/mol. The molecule has 0 aliphatic heterocycles. The molecule has 118 valence electrons. The second-order valence-electron chi connectivity index (χ2n) is 4.89. The fourth-order valence-electron chi connectivity index (χ4n) is 1.89. The number of rotatable bonds is 7. The van der Waals surface area contributed by atoms with Crippen molar-refractivity contribution in [1.82, 2.24) is 5.32 Å². The topological polar surface area (TPSA) is 62.1 Å². The highest BCUT2D eigenvalue weighted by Crippen LogP contribution is 2.12. The fraction of sp³-hybridized carbons (Fsp3) is 0.222. The van der Waals surface area contributed by atoms with Crippen LogP contribution in [-0.2, 0) is 17.1 Å². The Morgan fingerprint density at radius 3 is 2.30 bits per heavy atom. The first-order chi connectivity index (χ1) is 11.3. The van der Waals surface area contributed by atoms with Gasteiger partial charge in [-0.3, -0.25) is 0 Å². The van der Waals surface area contributed by atoms with Crippen molar-refractivity contribution in [2.75, 3.05) is 5.75 Å². The molecule has 1 amide bonds. The van der Waals surface area contributed by atoms with Crippen molar-refractivity contribution in [3.8, 4) is 6.07 Å². The largest absolute Gasteiger partial charge is 0.445 e. The summed E-state index contributed by atoms with van der Waals surface area (Å²) in [5.74, 6) is 1.32. The number of carbonyl (C=O) groups is 1. The van der Waals surface area contributed by atoms with Crippen LogP contribution in [0.15, 0.2) is 60.7 Å². The van der Waals surface area contributed by atoms with Crippen LogP contribution in [0.25, 0.3) is 0 Å². The van der Waals surface area contributed by atoms with Crippen molar-refractivity contribution < 1.29 is 9.53 Å². The Hall–Kier alpha value is -2.45. The van der Waals surface area contributed by atoms with Gasteiger partial charge in [-0.15, -0.1) is 0 Å². The normalized spacial score (nSPS) is 11.3. The third-order valence-electron chi connectivity index (χ3n) is 3.06. The first-order valence-corrected chi connectivity index (χ1v) is 8.42. The summed E-state index contributed by atoms with van der Waals surface area (Å²) in [6.07, 6.45) is -0.569. The molecular weight excluding hydrogens is 308 g/mol. The molecule has 0 fully saturated rings. The standard InChI is InChI=1S/C18H18N2O2S/c19-11-17(14-23-13-16-9-5-2-6-10-16)20-18(21)22-12-15-7-3-1-4-8-15/h1-10,17H,12-14H2,(H,20,21)/t17-/m0/s1. The van der Waals surface area contributed by atoms with Gasteiger partial charge in [0, 0.05) is 11.5 Å². The summed E-state index contributed by atoms with van der Waals surface area (Å²) in [6.45, 7) is 0.196. The number of carbonyl (C=O) groups excluding carboxylic acids is 1. The predicted molar refractivity (Wildman–Crippen MR) is 91.8 cm³/mol. The zero-order valence-corrected chi connectivity index (χ0v) is 13.5. The highest BCUT2D eigenvalue weighted by molar-refractivity contribution is 7.98. The summed E-state index contributed by atoms with van der Waals surface area (Å²) >= 11 is 1.60. The van der Waals surface area contributed by atoms with E-state index in [0.29, 0.717) is 5.75 Å². The van der Waals surface area contributed by atoms with E-state index in [9.17, 15) is 4.79 Å². The highest BCUT2D eigenvalue weighted by atomic mass is 32.2. The molecule has 0 spiro atoms. The van der Waals surface area contributed by atoms with Crippen molar-refractivity contribution in [3.63, 3.8) is 0 Å². The minimum Gasteiger partial charge on any atom is -0.445 e. The van der Waals surface area contributed by atoms with Gasteiger partial charge in [0.2, 0.25) is 0 Å². The number of hydrogen-bond donors (Lipinski definition) is 1. The molecular formula is C18H18N2O2S. The minimum absolute atomic E-state index is 0.196. The van der Waals surface area contributed by atoms with Gasteiger partial charge >= 0.3 is 6.09 Å². The quantitative estimate of drug-likeness (QED) is 0.842. The third-order valence-corrected chi connectivity index (χ3v) is 4.16. The van der Waals surface area contributed by atoms with E-state index in [2.05, 4.69) is 11.4 Å². The molecule has 2 aromatic carbocycles. The zero-order valence-electron chi connectivity index (χ0n) is 12.6. The molecule has 0 bridgehead atoms. The zero-order chi connectivity index (χ0) is 16.3. The number of alkyl carbamates (subject to hydrolysis) is 1. The first-order valence-electron chi connectivity index (χ1n) is 7.26. The predicted octanol–water partition coefficient (Wildman–Crippen LogP) is 3.74. The Morgan fingerprint density at radius 1 is 1.09 bits per heavy atom. The van der Waals surface area contributed by atoms with Gasteiger partial charge in [0.15, 0.2) is 0 Å². The summed E-state index contributed by atoms with van der Waals surface area (Å²) in [4.78, 5) is 11.7. The molecule has 4 nitrogen and oxygen atoms in total. The SMILES string of the molecule is N#C[C@@H](CSCc1ccccc1)NC(=O)OCc1ccccc1. The van der Waals surface area contributed by atoms with Crippen LogP contribution >= 0.6 is 11.8 Å². The molecule has 0 heterocycles. The summed E-state index contributed by atoms with van der Waals surface area (Å²) < 4.78 is 5.11. The lowest BCUT2D eigenvalue weighted by Gasteiger charge is -2.12. The first kappa shape index (κ1) is 16.9. The molecule has 1 atom stereocenters. The van der Waals surface area contributed by atoms with Crippen LogP contribution in [0, 0.1) is 11.3 Å². The van der Waals surface area contributed by atoms with Crippen molar-refractivity contribution in [1.29, 1.82) is 5.26 Å². The maximum Gasteiger partial charge on any atom is 0.408 e. The number of amides is 1. The summed E-state index contributed by atoms with van der Waals surface area (Å²) in [5.41, 5.74) is 2.11. The molecule has 0 aromatic heterocycles. The van der Waals surface area contributed by atoms with Gasteiger partial charge in [0.25, 0.3) is 0 Å². The molecule has 0 unspecified atom stereocenters. The van der Waals surface area contributed by atoms with E-state index in [4.69, 9.17) is 10.00 Å². The fourth-order valence-corrected chi connectivity index (χ4v) is 2.83. The van der Waals surface area contributed by atoms with Crippen LogP contribution in [0.1, 0.15) is 11.1 Å². The van der Waals surface area contributed by atoms with E-state index in [0.717, 1.165) is 11.3 Å². The Labute approximate surface area is 140 Å². The number of hydrogen-bond acceptors (Lipinski definition) is 4. The number of nitrogens with one attached hydrogen (secondary N) is 1. The number of ether oxygens (including phenoxy) is 1. The van der Waals surface area contributed by atoms with Crippen molar-refractivity contribution in [2.24, 2.45) is 0 Å². The average molecular weight is 326 g/mol. The van der Waals surface area contributed by atoms with Gasteiger partial charge in [-0.05, 0) is 11.1 Å². The maximum atomic E-state index is 11.7. The van der Waals surface area contributed by atoms with Crippen LogP contribution in [-0.4, -0.2) is 17.9 Å². The summed E-state index contributed by atoms with van der Waals surface area (Å²) in [5, 5.41) is 11.7. The molecule has 23 heavy (non-hydrogen) atoms. The molecule has 0 saturated heterocycles. The number of nitrogens with zero attached hydrogens (tertiary/aromatic N) is 1. The van der Waals surface area contributed by atoms with Crippen molar-refractivity contribution >= 4 is 17.9 Å². The van der Waals surface area contributed by atoms with Crippen LogP contribution in [0.5, 0.6) is 0 Å². The highest BCUT2D eigenvalue weighted by Gasteiger charge is 2.12. The minimum atomic E-state index is -0.569. The van der Waals surface area contributed by atoms with Gasteiger partial charge in [-0.1, -0.05) is 60.7 Å². The number of nitriles is 1. The van der Waals surface area contributed by atoms with E-state index in [1.165, 1.54) is 5.56 Å². The van der Waals surface area contributed by atoms with Gasteiger partial charge in [-0.2, -0.15) is 17.0 Å². The Balaban J connectivity index is 1.69. The van der Waals surface area contributed by atoms with Gasteiger partial charge in [0.1, 0.15) is 12.6 Å². The van der Waals surface area contributed by atoms with E-state index in [1.54, 1.807) is 11.8 Å². The van der Waals surface area contributed by atoms with Crippen LogP contribution in [0.4, 0.5) is 4.79 Å². The van der Waals surface area contributed by atoms with Crippen molar-refractivity contribution in [3.05, 3.63) is 71.8 Å². The summed E-state index contributed by atoms with van der Waals surface area (Å²) in [6, 6.07) is 21.0. The summed E-state index contributed by atoms with van der Waals surface area (Å²) in [7, 11) is 0. The van der Waals surface area contributed by atoms with Gasteiger partial charge in [-0.25, -0.2) is 4.79 Å². The molecule has 0 radical (unpaired) electrons.